The summed E-state index contributed by atoms with van der Waals surface area (Å²) in [7, 11) is 2.92. The van der Waals surface area contributed by atoms with Gasteiger partial charge in [-0.3, -0.25) is 4.79 Å². The molecule has 0 spiro atoms. The SMILES string of the molecule is COc1ccc(C(=O)OCC(=O)Nc2c(C#N)c(C)c(C)n2Cc2ccc(F)cc2)cc1OC. The van der Waals surface area contributed by atoms with E-state index in [0.29, 0.717) is 29.2 Å². The Morgan fingerprint density at radius 3 is 2.35 bits per heavy atom. The number of benzene rings is 2. The molecule has 3 aromatic rings. The molecule has 0 aliphatic heterocycles. The second-order valence-electron chi connectivity index (χ2n) is 7.45. The number of ether oxygens (including phenoxy) is 3. The molecule has 9 heteroatoms. The van der Waals surface area contributed by atoms with Gasteiger partial charge >= 0.3 is 5.97 Å². The zero-order valence-electron chi connectivity index (χ0n) is 19.3. The van der Waals surface area contributed by atoms with Crippen LogP contribution in [0.15, 0.2) is 42.5 Å². The Kier molecular flexibility index (Phi) is 7.53. The van der Waals surface area contributed by atoms with Crippen LogP contribution in [-0.4, -0.2) is 37.3 Å². The van der Waals surface area contributed by atoms with Crippen LogP contribution >= 0.6 is 0 Å². The Hall–Kier alpha value is -4.32. The molecule has 0 aliphatic carbocycles. The van der Waals surface area contributed by atoms with Gasteiger partial charge in [-0.25, -0.2) is 9.18 Å². The van der Waals surface area contributed by atoms with Crippen molar-refractivity contribution in [1.82, 2.24) is 4.57 Å². The molecule has 1 N–H and O–H groups in total. The third kappa shape index (κ3) is 5.18. The zero-order chi connectivity index (χ0) is 24.8. The quantitative estimate of drug-likeness (QED) is 0.505. The van der Waals surface area contributed by atoms with Gasteiger partial charge in [-0.2, -0.15) is 5.26 Å². The van der Waals surface area contributed by atoms with Gasteiger partial charge in [-0.05, 0) is 55.3 Å². The van der Waals surface area contributed by atoms with E-state index in [9.17, 15) is 19.2 Å². The molecule has 0 aliphatic rings. The molecule has 0 unspecified atom stereocenters. The van der Waals surface area contributed by atoms with Crippen LogP contribution in [-0.2, 0) is 16.1 Å². The predicted molar refractivity (Wildman–Crippen MR) is 123 cm³/mol. The monoisotopic (exact) mass is 465 g/mol. The van der Waals surface area contributed by atoms with E-state index in [1.165, 1.54) is 38.5 Å². The zero-order valence-corrected chi connectivity index (χ0v) is 19.3. The van der Waals surface area contributed by atoms with Gasteiger partial charge in [0.1, 0.15) is 17.7 Å². The molecule has 176 valence electrons. The van der Waals surface area contributed by atoms with Gasteiger partial charge in [0.05, 0.1) is 25.3 Å². The molecule has 1 heterocycles. The lowest BCUT2D eigenvalue weighted by atomic mass is 10.2. The first-order chi connectivity index (χ1) is 16.3. The van der Waals surface area contributed by atoms with Crippen molar-refractivity contribution >= 4 is 17.7 Å². The van der Waals surface area contributed by atoms with Crippen LogP contribution in [0.3, 0.4) is 0 Å². The van der Waals surface area contributed by atoms with Gasteiger partial charge in [0.25, 0.3) is 5.91 Å². The van der Waals surface area contributed by atoms with Gasteiger partial charge < -0.3 is 24.1 Å². The average Bonchev–Trinajstić information content (AvgIpc) is 3.06. The van der Waals surface area contributed by atoms with E-state index in [-0.39, 0.29) is 17.2 Å². The van der Waals surface area contributed by atoms with E-state index in [2.05, 4.69) is 11.4 Å². The Balaban J connectivity index is 1.75. The fourth-order valence-corrected chi connectivity index (χ4v) is 3.45. The summed E-state index contributed by atoms with van der Waals surface area (Å²) >= 11 is 0. The standard InChI is InChI=1S/C25H24FN3O5/c1-15-16(2)29(13-17-5-8-19(26)9-6-17)24(20(15)12-27)28-23(30)14-34-25(31)18-7-10-21(32-3)22(11-18)33-4/h5-11H,13-14H2,1-4H3,(H,28,30). The van der Waals surface area contributed by atoms with E-state index >= 15 is 0 Å². The first-order valence-corrected chi connectivity index (χ1v) is 10.3. The van der Waals surface area contributed by atoms with Crippen LogP contribution in [0.25, 0.3) is 0 Å². The molecule has 0 saturated heterocycles. The van der Waals surface area contributed by atoms with Crippen molar-refractivity contribution in [3.8, 4) is 17.6 Å². The summed E-state index contributed by atoms with van der Waals surface area (Å²) in [5.41, 5.74) is 2.77. The number of hydrogen-bond acceptors (Lipinski definition) is 6. The van der Waals surface area contributed by atoms with Crippen molar-refractivity contribution in [3.63, 3.8) is 0 Å². The lowest BCUT2D eigenvalue weighted by Crippen LogP contribution is -2.23. The first kappa shape index (κ1) is 24.3. The molecule has 1 amide bonds. The molecular formula is C25H24FN3O5. The van der Waals surface area contributed by atoms with Crippen LogP contribution in [0.1, 0.15) is 32.7 Å². The molecule has 0 radical (unpaired) electrons. The van der Waals surface area contributed by atoms with Crippen molar-refractivity contribution < 1.29 is 28.2 Å². The summed E-state index contributed by atoms with van der Waals surface area (Å²) in [6.45, 7) is 3.36. The maximum Gasteiger partial charge on any atom is 0.338 e. The number of aromatic nitrogens is 1. The number of hydrogen-bond donors (Lipinski definition) is 1. The topological polar surface area (TPSA) is 103 Å². The molecule has 0 atom stereocenters. The number of halogens is 1. The molecular weight excluding hydrogens is 441 g/mol. The van der Waals surface area contributed by atoms with Gasteiger partial charge in [0, 0.05) is 12.2 Å². The second kappa shape index (κ2) is 10.5. The number of esters is 1. The summed E-state index contributed by atoms with van der Waals surface area (Å²) in [5, 5.41) is 12.3. The van der Waals surface area contributed by atoms with Crippen LogP contribution in [0, 0.1) is 31.0 Å². The summed E-state index contributed by atoms with van der Waals surface area (Å²) in [4.78, 5) is 25.0. The summed E-state index contributed by atoms with van der Waals surface area (Å²) in [5.74, 6) is -0.590. The van der Waals surface area contributed by atoms with Crippen molar-refractivity contribution in [3.05, 3.63) is 76.2 Å². The van der Waals surface area contributed by atoms with E-state index in [1.807, 2.05) is 6.92 Å². The van der Waals surface area contributed by atoms with Crippen LogP contribution in [0.5, 0.6) is 11.5 Å². The minimum Gasteiger partial charge on any atom is -0.493 e. The third-order valence-electron chi connectivity index (χ3n) is 5.41. The molecule has 2 aromatic carbocycles. The fourth-order valence-electron chi connectivity index (χ4n) is 3.45. The predicted octanol–water partition coefficient (Wildman–Crippen LogP) is 3.98. The number of carbonyl (C=O) groups is 2. The molecule has 3 rings (SSSR count). The number of nitriles is 1. The number of carbonyl (C=O) groups excluding carboxylic acids is 2. The highest BCUT2D eigenvalue weighted by Gasteiger charge is 2.21. The van der Waals surface area contributed by atoms with E-state index < -0.39 is 18.5 Å². The molecule has 0 saturated carbocycles. The number of methoxy groups -OCH3 is 2. The molecule has 0 bridgehead atoms. The molecule has 8 nitrogen and oxygen atoms in total. The fraction of sp³-hybridized carbons (Fsp3) is 0.240. The highest BCUT2D eigenvalue weighted by molar-refractivity contribution is 5.96. The Morgan fingerprint density at radius 1 is 1.06 bits per heavy atom. The summed E-state index contributed by atoms with van der Waals surface area (Å²) in [6.07, 6.45) is 0. The summed E-state index contributed by atoms with van der Waals surface area (Å²) in [6, 6.07) is 12.6. The van der Waals surface area contributed by atoms with Crippen LogP contribution in [0.4, 0.5) is 10.2 Å². The minimum absolute atomic E-state index is 0.189. The number of amides is 1. The maximum absolute atomic E-state index is 13.3. The van der Waals surface area contributed by atoms with E-state index in [1.54, 1.807) is 29.7 Å². The minimum atomic E-state index is -0.717. The van der Waals surface area contributed by atoms with E-state index in [0.717, 1.165) is 11.3 Å². The van der Waals surface area contributed by atoms with Gasteiger partial charge in [-0.15, -0.1) is 0 Å². The lowest BCUT2D eigenvalue weighted by molar-refractivity contribution is -0.119. The van der Waals surface area contributed by atoms with Gasteiger partial charge in [-0.1, -0.05) is 12.1 Å². The van der Waals surface area contributed by atoms with E-state index in [4.69, 9.17) is 14.2 Å². The summed E-state index contributed by atoms with van der Waals surface area (Å²) < 4.78 is 30.5. The Bertz CT molecular complexity index is 1260. The highest BCUT2D eigenvalue weighted by Crippen LogP contribution is 2.29. The van der Waals surface area contributed by atoms with Crippen molar-refractivity contribution in [2.24, 2.45) is 0 Å². The highest BCUT2D eigenvalue weighted by atomic mass is 19.1. The lowest BCUT2D eigenvalue weighted by Gasteiger charge is -2.14. The first-order valence-electron chi connectivity index (χ1n) is 10.3. The number of rotatable bonds is 8. The largest absolute Gasteiger partial charge is 0.493 e. The van der Waals surface area contributed by atoms with Crippen molar-refractivity contribution in [1.29, 1.82) is 5.26 Å². The second-order valence-corrected chi connectivity index (χ2v) is 7.45. The van der Waals surface area contributed by atoms with Crippen LogP contribution < -0.4 is 14.8 Å². The smallest absolute Gasteiger partial charge is 0.338 e. The normalized spacial score (nSPS) is 10.4. The Labute approximate surface area is 196 Å². The van der Waals surface area contributed by atoms with Crippen molar-refractivity contribution in [2.45, 2.75) is 20.4 Å². The van der Waals surface area contributed by atoms with Crippen molar-refractivity contribution in [2.75, 3.05) is 26.1 Å². The molecule has 1 aromatic heterocycles. The Morgan fingerprint density at radius 2 is 1.74 bits per heavy atom. The molecule has 34 heavy (non-hydrogen) atoms. The van der Waals surface area contributed by atoms with Gasteiger partial charge in [0.15, 0.2) is 18.1 Å². The number of nitrogens with zero attached hydrogens (tertiary/aromatic N) is 2. The number of anilines is 1. The molecule has 0 fully saturated rings. The third-order valence-corrected chi connectivity index (χ3v) is 5.41. The van der Waals surface area contributed by atoms with Gasteiger partial charge in [0.2, 0.25) is 0 Å². The average molecular weight is 465 g/mol. The maximum atomic E-state index is 13.3. The number of nitrogens with one attached hydrogen (secondary N) is 1. The van der Waals surface area contributed by atoms with Crippen LogP contribution in [0.2, 0.25) is 0 Å².